The number of oxazole rings is 1. The molecule has 0 aliphatic heterocycles. The first-order chi connectivity index (χ1) is 12.0. The minimum Gasteiger partial charge on any atom is -0.444 e. The number of hydrogen-bond donors (Lipinski definition) is 2. The first kappa shape index (κ1) is 16.9. The Hall–Kier alpha value is -2.92. The van der Waals surface area contributed by atoms with Crippen LogP contribution in [0.4, 0.5) is 0 Å². The number of amides is 1. The molecule has 5 heteroatoms. The van der Waals surface area contributed by atoms with Crippen molar-refractivity contribution in [2.75, 3.05) is 0 Å². The Labute approximate surface area is 146 Å². The van der Waals surface area contributed by atoms with E-state index in [4.69, 9.17) is 4.42 Å². The largest absolute Gasteiger partial charge is 0.444 e. The molecule has 3 aromatic rings. The second kappa shape index (κ2) is 6.91. The van der Waals surface area contributed by atoms with Crippen LogP contribution in [0.5, 0.6) is 0 Å². The summed E-state index contributed by atoms with van der Waals surface area (Å²) in [5.74, 6) is 0.593. The Bertz CT molecular complexity index is 798. The molecule has 0 aliphatic rings. The second-order valence-electron chi connectivity index (χ2n) is 5.87. The number of carbonyl (C=O) groups excluding carboxylic acids is 1. The van der Waals surface area contributed by atoms with Crippen molar-refractivity contribution in [2.45, 2.75) is 26.0 Å². The Morgan fingerprint density at radius 1 is 1.04 bits per heavy atom. The van der Waals surface area contributed by atoms with Crippen molar-refractivity contribution in [2.24, 2.45) is 0 Å². The van der Waals surface area contributed by atoms with Crippen LogP contribution < -0.4 is 5.32 Å². The highest BCUT2D eigenvalue weighted by molar-refractivity contribution is 5.90. The van der Waals surface area contributed by atoms with E-state index in [0.29, 0.717) is 22.8 Å². The fraction of sp³-hybridized carbons (Fsp3) is 0.200. The van der Waals surface area contributed by atoms with Crippen LogP contribution in [0.15, 0.2) is 65.1 Å². The summed E-state index contributed by atoms with van der Waals surface area (Å²) >= 11 is 0. The molecular weight excluding hydrogens is 316 g/mol. The van der Waals surface area contributed by atoms with Gasteiger partial charge in [0.15, 0.2) is 5.60 Å². The third kappa shape index (κ3) is 3.32. The summed E-state index contributed by atoms with van der Waals surface area (Å²) < 4.78 is 5.48. The predicted octanol–water partition coefficient (Wildman–Crippen LogP) is 2.84. The zero-order valence-corrected chi connectivity index (χ0v) is 14.2. The molecule has 1 aromatic heterocycles. The van der Waals surface area contributed by atoms with Crippen molar-refractivity contribution in [3.05, 3.63) is 89.1 Å². The van der Waals surface area contributed by atoms with E-state index < -0.39 is 11.5 Å². The quantitative estimate of drug-likeness (QED) is 0.751. The molecule has 0 bridgehead atoms. The molecule has 0 saturated heterocycles. The van der Waals surface area contributed by atoms with Crippen LogP contribution in [-0.2, 0) is 16.9 Å². The van der Waals surface area contributed by atoms with Gasteiger partial charge < -0.3 is 14.8 Å². The Morgan fingerprint density at radius 2 is 1.56 bits per heavy atom. The van der Waals surface area contributed by atoms with Crippen LogP contribution in [0.25, 0.3) is 0 Å². The van der Waals surface area contributed by atoms with Crippen molar-refractivity contribution in [1.29, 1.82) is 0 Å². The van der Waals surface area contributed by atoms with Gasteiger partial charge in [0.2, 0.25) is 5.89 Å². The number of nitrogens with zero attached hydrogens (tertiary/aromatic N) is 1. The fourth-order valence-electron chi connectivity index (χ4n) is 2.69. The molecular formula is C20H20N2O3. The number of aryl methyl sites for hydroxylation is 2. The summed E-state index contributed by atoms with van der Waals surface area (Å²) in [5, 5.41) is 14.0. The van der Waals surface area contributed by atoms with Crippen molar-refractivity contribution < 1.29 is 14.3 Å². The van der Waals surface area contributed by atoms with Crippen molar-refractivity contribution in [3.8, 4) is 0 Å². The lowest BCUT2D eigenvalue weighted by Gasteiger charge is -2.27. The highest BCUT2D eigenvalue weighted by Gasteiger charge is 2.39. The monoisotopic (exact) mass is 336 g/mol. The van der Waals surface area contributed by atoms with E-state index in [9.17, 15) is 9.90 Å². The molecule has 25 heavy (non-hydrogen) atoms. The van der Waals surface area contributed by atoms with Crippen molar-refractivity contribution >= 4 is 5.91 Å². The fourth-order valence-corrected chi connectivity index (χ4v) is 2.69. The van der Waals surface area contributed by atoms with Gasteiger partial charge in [-0.2, -0.15) is 0 Å². The zero-order valence-electron chi connectivity index (χ0n) is 14.2. The van der Waals surface area contributed by atoms with Gasteiger partial charge in [0.05, 0.1) is 12.2 Å². The van der Waals surface area contributed by atoms with Crippen molar-refractivity contribution in [3.63, 3.8) is 0 Å². The predicted molar refractivity (Wildman–Crippen MR) is 93.7 cm³/mol. The molecule has 1 heterocycles. The Kier molecular flexibility index (Phi) is 4.67. The first-order valence-corrected chi connectivity index (χ1v) is 8.06. The molecule has 0 unspecified atom stereocenters. The molecule has 0 spiro atoms. The van der Waals surface area contributed by atoms with E-state index in [0.717, 1.165) is 5.69 Å². The minimum atomic E-state index is -1.79. The molecule has 5 nitrogen and oxygen atoms in total. The Balaban J connectivity index is 1.90. The van der Waals surface area contributed by atoms with E-state index in [-0.39, 0.29) is 6.54 Å². The standard InChI is InChI=1S/C20H20N2O3/c1-14-15(2)25-18(22-14)13-21-19(23)20(24,16-9-5-3-6-10-16)17-11-7-4-8-12-17/h3-12,24H,13H2,1-2H3,(H,21,23). The van der Waals surface area contributed by atoms with E-state index in [1.807, 2.05) is 26.0 Å². The third-order valence-corrected chi connectivity index (χ3v) is 4.18. The van der Waals surface area contributed by atoms with Gasteiger partial charge in [-0.05, 0) is 25.0 Å². The zero-order chi connectivity index (χ0) is 17.9. The van der Waals surface area contributed by atoms with Gasteiger partial charge in [0.25, 0.3) is 5.91 Å². The number of nitrogens with one attached hydrogen (secondary N) is 1. The van der Waals surface area contributed by atoms with Crippen LogP contribution in [0, 0.1) is 13.8 Å². The van der Waals surface area contributed by atoms with E-state index in [2.05, 4.69) is 10.3 Å². The minimum absolute atomic E-state index is 0.107. The summed E-state index contributed by atoms with van der Waals surface area (Å²) in [5.41, 5.74) is -0.0123. The summed E-state index contributed by atoms with van der Waals surface area (Å²) in [6.07, 6.45) is 0. The van der Waals surface area contributed by atoms with Crippen LogP contribution in [0.1, 0.15) is 28.5 Å². The van der Waals surface area contributed by atoms with Gasteiger partial charge in [-0.3, -0.25) is 4.79 Å². The van der Waals surface area contributed by atoms with Crippen LogP contribution in [-0.4, -0.2) is 16.0 Å². The average Bonchev–Trinajstić information content (AvgIpc) is 2.98. The van der Waals surface area contributed by atoms with E-state index in [1.54, 1.807) is 48.5 Å². The van der Waals surface area contributed by atoms with E-state index >= 15 is 0 Å². The SMILES string of the molecule is Cc1nc(CNC(=O)C(O)(c2ccccc2)c2ccccc2)oc1C. The lowest BCUT2D eigenvalue weighted by Crippen LogP contribution is -2.45. The molecule has 3 rings (SSSR count). The maximum absolute atomic E-state index is 12.9. The number of carbonyl (C=O) groups is 1. The highest BCUT2D eigenvalue weighted by Crippen LogP contribution is 2.30. The topological polar surface area (TPSA) is 75.4 Å². The summed E-state index contributed by atoms with van der Waals surface area (Å²) in [4.78, 5) is 17.1. The number of aliphatic hydroxyl groups is 1. The van der Waals surface area contributed by atoms with Crippen LogP contribution in [0.3, 0.4) is 0 Å². The van der Waals surface area contributed by atoms with Gasteiger partial charge in [-0.15, -0.1) is 0 Å². The summed E-state index contributed by atoms with van der Waals surface area (Å²) in [7, 11) is 0. The molecule has 1 amide bonds. The lowest BCUT2D eigenvalue weighted by atomic mass is 9.85. The van der Waals surface area contributed by atoms with Gasteiger partial charge in [0, 0.05) is 0 Å². The molecule has 0 atom stereocenters. The summed E-state index contributed by atoms with van der Waals surface area (Å²) in [6, 6.07) is 17.7. The molecule has 0 fully saturated rings. The normalized spacial score (nSPS) is 11.3. The van der Waals surface area contributed by atoms with Crippen LogP contribution >= 0.6 is 0 Å². The van der Waals surface area contributed by atoms with Gasteiger partial charge in [-0.25, -0.2) is 4.98 Å². The molecule has 128 valence electrons. The summed E-state index contributed by atoms with van der Waals surface area (Å²) in [6.45, 7) is 3.77. The van der Waals surface area contributed by atoms with E-state index in [1.165, 1.54) is 0 Å². The number of rotatable bonds is 5. The molecule has 0 radical (unpaired) electrons. The third-order valence-electron chi connectivity index (χ3n) is 4.18. The molecule has 2 N–H and O–H groups in total. The maximum atomic E-state index is 12.9. The average molecular weight is 336 g/mol. The van der Waals surface area contributed by atoms with Crippen LogP contribution in [0.2, 0.25) is 0 Å². The van der Waals surface area contributed by atoms with Gasteiger partial charge in [-0.1, -0.05) is 60.7 Å². The smallest absolute Gasteiger partial charge is 0.261 e. The first-order valence-electron chi connectivity index (χ1n) is 8.06. The lowest BCUT2D eigenvalue weighted by molar-refractivity contribution is -0.137. The highest BCUT2D eigenvalue weighted by atomic mass is 16.4. The molecule has 0 saturated carbocycles. The second-order valence-corrected chi connectivity index (χ2v) is 5.87. The molecule has 2 aromatic carbocycles. The number of hydrogen-bond acceptors (Lipinski definition) is 4. The Morgan fingerprint density at radius 3 is 2.00 bits per heavy atom. The number of benzene rings is 2. The maximum Gasteiger partial charge on any atom is 0.261 e. The van der Waals surface area contributed by atoms with Gasteiger partial charge in [0.1, 0.15) is 5.76 Å². The van der Waals surface area contributed by atoms with Gasteiger partial charge >= 0.3 is 0 Å². The number of aromatic nitrogens is 1. The van der Waals surface area contributed by atoms with Crippen molar-refractivity contribution in [1.82, 2.24) is 10.3 Å². The molecule has 0 aliphatic carbocycles.